The van der Waals surface area contributed by atoms with E-state index in [-0.39, 0.29) is 37.0 Å². The quantitative estimate of drug-likeness (QED) is 0.461. The lowest BCUT2D eigenvalue weighted by Gasteiger charge is -2.34. The average Bonchev–Trinajstić information content (AvgIpc) is 2.84. The van der Waals surface area contributed by atoms with Gasteiger partial charge in [0.05, 0.1) is 18.1 Å². The van der Waals surface area contributed by atoms with Crippen LogP contribution >= 0.6 is 0 Å². The first-order chi connectivity index (χ1) is 15.9. The molecule has 0 saturated carbocycles. The van der Waals surface area contributed by atoms with Crippen molar-refractivity contribution in [1.29, 1.82) is 0 Å². The maximum atomic E-state index is 13.0. The van der Waals surface area contributed by atoms with Crippen molar-refractivity contribution in [3.8, 4) is 0 Å². The molecule has 0 N–H and O–H groups in total. The molecule has 2 aliphatic rings. The van der Waals surface area contributed by atoms with Crippen LogP contribution in [-0.2, 0) is 21.3 Å². The highest BCUT2D eigenvalue weighted by atomic mass is 32.2. The predicted molar refractivity (Wildman–Crippen MR) is 120 cm³/mol. The molecule has 176 valence electrons. The van der Waals surface area contributed by atoms with Gasteiger partial charge in [0, 0.05) is 57.4 Å². The topological polar surface area (TPSA) is 113 Å². The Kier molecular flexibility index (Phi) is 7.03. The first-order valence-electron chi connectivity index (χ1n) is 10.8. The number of nitro benzene ring substituents is 1. The SMILES string of the molecule is O=C(c1cccc(CN2CCOCC2)c1)N1CCN(S(=O)(=O)c2ccccc2[N+](=O)[O-])CC1. The molecule has 0 radical (unpaired) electrons. The van der Waals surface area contributed by atoms with Crippen LogP contribution in [0.15, 0.2) is 53.4 Å². The summed E-state index contributed by atoms with van der Waals surface area (Å²) in [5.74, 6) is -0.151. The number of carbonyl (C=O) groups is 1. The van der Waals surface area contributed by atoms with Crippen molar-refractivity contribution >= 4 is 21.6 Å². The zero-order valence-electron chi connectivity index (χ0n) is 18.1. The lowest BCUT2D eigenvalue weighted by Crippen LogP contribution is -2.50. The number of morpholine rings is 1. The van der Waals surface area contributed by atoms with Gasteiger partial charge in [-0.1, -0.05) is 24.3 Å². The second-order valence-electron chi connectivity index (χ2n) is 8.01. The minimum atomic E-state index is -4.04. The monoisotopic (exact) mass is 474 g/mol. The second-order valence-corrected chi connectivity index (χ2v) is 9.92. The standard InChI is InChI=1S/C22H26N4O6S/c27-22(19-5-3-4-18(16-19)17-23-12-14-32-15-13-23)24-8-10-25(11-9-24)33(30,31)21-7-2-1-6-20(21)26(28)29/h1-7,16H,8-15,17H2. The molecule has 10 nitrogen and oxygen atoms in total. The van der Waals surface area contributed by atoms with Crippen molar-refractivity contribution in [2.24, 2.45) is 0 Å². The molecule has 33 heavy (non-hydrogen) atoms. The molecule has 2 aromatic rings. The minimum Gasteiger partial charge on any atom is -0.379 e. The molecule has 0 aromatic heterocycles. The van der Waals surface area contributed by atoms with Crippen LogP contribution < -0.4 is 0 Å². The third-order valence-electron chi connectivity index (χ3n) is 5.89. The first kappa shape index (κ1) is 23.3. The van der Waals surface area contributed by atoms with E-state index in [1.54, 1.807) is 11.0 Å². The average molecular weight is 475 g/mol. The number of amides is 1. The third kappa shape index (κ3) is 5.22. The predicted octanol–water partition coefficient (Wildman–Crippen LogP) is 1.57. The van der Waals surface area contributed by atoms with E-state index in [0.29, 0.717) is 18.8 Å². The van der Waals surface area contributed by atoms with Gasteiger partial charge in [-0.2, -0.15) is 4.31 Å². The van der Waals surface area contributed by atoms with Crippen molar-refractivity contribution in [1.82, 2.24) is 14.1 Å². The van der Waals surface area contributed by atoms with Crippen molar-refractivity contribution in [3.63, 3.8) is 0 Å². The van der Waals surface area contributed by atoms with E-state index in [2.05, 4.69) is 4.90 Å². The van der Waals surface area contributed by atoms with E-state index in [9.17, 15) is 23.3 Å². The van der Waals surface area contributed by atoms with Gasteiger partial charge < -0.3 is 9.64 Å². The van der Waals surface area contributed by atoms with Crippen LogP contribution in [0.1, 0.15) is 15.9 Å². The number of para-hydroxylation sites is 1. The molecule has 0 spiro atoms. The largest absolute Gasteiger partial charge is 0.379 e. The van der Waals surface area contributed by atoms with Crippen molar-refractivity contribution < 1.29 is 22.9 Å². The Balaban J connectivity index is 1.41. The third-order valence-corrected chi connectivity index (χ3v) is 7.84. The first-order valence-corrected chi connectivity index (χ1v) is 12.2. The van der Waals surface area contributed by atoms with Crippen molar-refractivity contribution in [2.45, 2.75) is 11.4 Å². The van der Waals surface area contributed by atoms with Crippen LogP contribution in [0.25, 0.3) is 0 Å². The summed E-state index contributed by atoms with van der Waals surface area (Å²) in [4.78, 5) is 27.2. The fourth-order valence-electron chi connectivity index (χ4n) is 4.10. The van der Waals surface area contributed by atoms with Gasteiger partial charge in [-0.05, 0) is 23.8 Å². The molecule has 2 heterocycles. The summed E-state index contributed by atoms with van der Waals surface area (Å²) >= 11 is 0. The van der Waals surface area contributed by atoms with Gasteiger partial charge >= 0.3 is 0 Å². The smallest absolute Gasteiger partial charge is 0.289 e. The van der Waals surface area contributed by atoms with Crippen LogP contribution in [0.4, 0.5) is 5.69 Å². The van der Waals surface area contributed by atoms with E-state index in [4.69, 9.17) is 4.74 Å². The number of carbonyl (C=O) groups excluding carboxylic acids is 1. The molecule has 4 rings (SSSR count). The molecule has 0 bridgehead atoms. The van der Waals surface area contributed by atoms with Gasteiger partial charge in [-0.25, -0.2) is 8.42 Å². The molecule has 0 unspecified atom stereocenters. The summed E-state index contributed by atoms with van der Waals surface area (Å²) in [5.41, 5.74) is 1.16. The van der Waals surface area contributed by atoms with Crippen LogP contribution in [0.5, 0.6) is 0 Å². The molecule has 11 heteroatoms. The Morgan fingerprint density at radius 3 is 2.36 bits per heavy atom. The molecule has 1 amide bonds. The number of nitro groups is 1. The molecular formula is C22H26N4O6S. The van der Waals surface area contributed by atoms with E-state index in [1.807, 2.05) is 18.2 Å². The lowest BCUT2D eigenvalue weighted by molar-refractivity contribution is -0.387. The number of ether oxygens (including phenoxy) is 1. The normalized spacial score (nSPS) is 18.2. The van der Waals surface area contributed by atoms with E-state index >= 15 is 0 Å². The van der Waals surface area contributed by atoms with Gasteiger partial charge in [0.25, 0.3) is 11.6 Å². The maximum absolute atomic E-state index is 13.0. The molecule has 2 fully saturated rings. The minimum absolute atomic E-state index is 0.0770. The fourth-order valence-corrected chi connectivity index (χ4v) is 5.68. The van der Waals surface area contributed by atoms with Gasteiger partial charge in [-0.3, -0.25) is 19.8 Å². The zero-order valence-corrected chi connectivity index (χ0v) is 18.9. The van der Waals surface area contributed by atoms with Gasteiger partial charge in [0.15, 0.2) is 4.90 Å². The molecule has 2 aliphatic heterocycles. The van der Waals surface area contributed by atoms with Crippen molar-refractivity contribution in [3.05, 3.63) is 69.8 Å². The number of piperazine rings is 1. The van der Waals surface area contributed by atoms with Crippen molar-refractivity contribution in [2.75, 3.05) is 52.5 Å². The van der Waals surface area contributed by atoms with Crippen LogP contribution in [-0.4, -0.2) is 85.8 Å². The number of benzene rings is 2. The summed E-state index contributed by atoms with van der Waals surface area (Å²) in [7, 11) is -4.04. The van der Waals surface area contributed by atoms with Gasteiger partial charge in [0.1, 0.15) is 0 Å². The zero-order chi connectivity index (χ0) is 23.4. The lowest BCUT2D eigenvalue weighted by atomic mass is 10.1. The number of rotatable bonds is 6. The fraction of sp³-hybridized carbons (Fsp3) is 0.409. The molecule has 2 aromatic carbocycles. The maximum Gasteiger partial charge on any atom is 0.289 e. The second kappa shape index (κ2) is 9.96. The highest BCUT2D eigenvalue weighted by Crippen LogP contribution is 2.27. The van der Waals surface area contributed by atoms with Gasteiger partial charge in [-0.15, -0.1) is 0 Å². The number of nitrogens with zero attached hydrogens (tertiary/aromatic N) is 4. The van der Waals surface area contributed by atoms with E-state index in [1.165, 1.54) is 28.6 Å². The van der Waals surface area contributed by atoms with Crippen LogP contribution in [0.3, 0.4) is 0 Å². The molecule has 0 aliphatic carbocycles. The van der Waals surface area contributed by atoms with Gasteiger partial charge in [0.2, 0.25) is 10.0 Å². The molecule has 2 saturated heterocycles. The Hall–Kier alpha value is -2.86. The highest BCUT2D eigenvalue weighted by Gasteiger charge is 2.34. The molecular weight excluding hydrogens is 448 g/mol. The highest BCUT2D eigenvalue weighted by molar-refractivity contribution is 7.89. The summed E-state index contributed by atoms with van der Waals surface area (Å²) < 4.78 is 32.6. The summed E-state index contributed by atoms with van der Waals surface area (Å²) in [5, 5.41) is 11.3. The van der Waals surface area contributed by atoms with Crippen LogP contribution in [0, 0.1) is 10.1 Å². The number of sulfonamides is 1. The van der Waals surface area contributed by atoms with Crippen LogP contribution in [0.2, 0.25) is 0 Å². The van der Waals surface area contributed by atoms with E-state index in [0.717, 1.165) is 25.2 Å². The number of hydrogen-bond acceptors (Lipinski definition) is 7. The molecule has 0 atom stereocenters. The Labute approximate surface area is 192 Å². The summed E-state index contributed by atoms with van der Waals surface area (Å²) in [6.07, 6.45) is 0. The summed E-state index contributed by atoms with van der Waals surface area (Å²) in [6.45, 7) is 4.45. The Bertz CT molecular complexity index is 1130. The Morgan fingerprint density at radius 1 is 0.970 bits per heavy atom. The Morgan fingerprint density at radius 2 is 1.67 bits per heavy atom. The van der Waals surface area contributed by atoms with E-state index < -0.39 is 20.6 Å². The number of hydrogen-bond donors (Lipinski definition) is 0. The summed E-state index contributed by atoms with van der Waals surface area (Å²) in [6, 6.07) is 12.8.